The molecule has 1 heterocycles. The van der Waals surface area contributed by atoms with Crippen molar-refractivity contribution in [2.24, 2.45) is 0 Å². The summed E-state index contributed by atoms with van der Waals surface area (Å²) in [5, 5.41) is 5.19. The number of nitrogens with zero attached hydrogens (tertiary/aromatic N) is 1. The molecule has 0 aliphatic rings. The van der Waals surface area contributed by atoms with E-state index in [1.807, 2.05) is 13.8 Å². The number of benzene rings is 1. The fraction of sp³-hybridized carbons (Fsp3) is 0.444. The van der Waals surface area contributed by atoms with Crippen LogP contribution in [-0.4, -0.2) is 37.3 Å². The smallest absolute Gasteiger partial charge is 0.354 e. The topological polar surface area (TPSA) is 76.1 Å². The normalized spacial score (nSPS) is 12.4. The molecule has 1 aromatic heterocycles. The third-order valence-corrected chi connectivity index (χ3v) is 6.36. The summed E-state index contributed by atoms with van der Waals surface area (Å²) in [5.74, 6) is -0.686. The molecule has 28 heavy (non-hydrogen) atoms. The van der Waals surface area contributed by atoms with Gasteiger partial charge in [0.2, 0.25) is 5.91 Å². The minimum Gasteiger partial charge on any atom is -0.354 e. The van der Waals surface area contributed by atoms with E-state index in [9.17, 15) is 26.4 Å². The van der Waals surface area contributed by atoms with Crippen LogP contribution in [0.5, 0.6) is 0 Å². The number of rotatable bonds is 8. The van der Waals surface area contributed by atoms with Crippen LogP contribution in [0.1, 0.15) is 31.7 Å². The Morgan fingerprint density at radius 1 is 1.21 bits per heavy atom. The molecule has 0 atom stereocenters. The predicted octanol–water partition coefficient (Wildman–Crippen LogP) is 3.99. The van der Waals surface area contributed by atoms with Crippen molar-refractivity contribution >= 4 is 27.1 Å². The second-order valence-corrected chi connectivity index (χ2v) is 9.64. The van der Waals surface area contributed by atoms with Crippen LogP contribution in [0.15, 0.2) is 34.5 Å². The van der Waals surface area contributed by atoms with Gasteiger partial charge in [0.05, 0.1) is 22.8 Å². The molecule has 0 unspecified atom stereocenters. The lowest BCUT2D eigenvalue weighted by Gasteiger charge is -2.07. The van der Waals surface area contributed by atoms with Crippen LogP contribution in [0.3, 0.4) is 0 Å². The van der Waals surface area contributed by atoms with Crippen molar-refractivity contribution in [1.29, 1.82) is 0 Å². The van der Waals surface area contributed by atoms with E-state index in [-0.39, 0.29) is 23.3 Å². The van der Waals surface area contributed by atoms with Gasteiger partial charge in [-0.2, -0.15) is 13.2 Å². The Labute approximate surface area is 165 Å². The first-order valence-corrected chi connectivity index (χ1v) is 11.1. The predicted molar refractivity (Wildman–Crippen MR) is 102 cm³/mol. The van der Waals surface area contributed by atoms with Crippen LogP contribution in [0.25, 0.3) is 11.3 Å². The summed E-state index contributed by atoms with van der Waals surface area (Å²) in [5.41, 5.74) is 1.28. The highest BCUT2D eigenvalue weighted by Gasteiger charge is 2.27. The number of thiazole rings is 1. The van der Waals surface area contributed by atoms with Gasteiger partial charge < -0.3 is 5.32 Å². The molecule has 0 aliphatic heterocycles. The molecule has 0 bridgehead atoms. The minimum absolute atomic E-state index is 0.0230. The molecule has 0 radical (unpaired) electrons. The van der Waals surface area contributed by atoms with E-state index in [0.717, 1.165) is 0 Å². The van der Waals surface area contributed by atoms with Gasteiger partial charge in [-0.05, 0) is 32.4 Å². The summed E-state index contributed by atoms with van der Waals surface area (Å²) < 4.78 is 60.9. The molecular formula is C18H21F3N2O3S2. The average Bonchev–Trinajstić information content (AvgIpc) is 3.01. The Hall–Kier alpha value is -1.94. The van der Waals surface area contributed by atoms with E-state index in [0.29, 0.717) is 16.3 Å². The molecule has 0 fully saturated rings. The highest BCUT2D eigenvalue weighted by molar-refractivity contribution is 7.91. The largest absolute Gasteiger partial charge is 0.389 e. The molecule has 2 rings (SSSR count). The van der Waals surface area contributed by atoms with Crippen LogP contribution < -0.4 is 5.32 Å². The molecule has 1 aromatic carbocycles. The summed E-state index contributed by atoms with van der Waals surface area (Å²) in [4.78, 5) is 16.1. The number of sulfone groups is 1. The van der Waals surface area contributed by atoms with Gasteiger partial charge in [-0.3, -0.25) is 4.79 Å². The van der Waals surface area contributed by atoms with Crippen molar-refractivity contribution in [3.63, 3.8) is 0 Å². The maximum absolute atomic E-state index is 12.2. The van der Waals surface area contributed by atoms with Gasteiger partial charge in [0.25, 0.3) is 0 Å². The number of aromatic nitrogens is 1. The minimum atomic E-state index is -4.37. The molecule has 5 nitrogen and oxygen atoms in total. The zero-order chi connectivity index (χ0) is 20.9. The number of nitrogens with one attached hydrogen (secondary N) is 1. The van der Waals surface area contributed by atoms with E-state index in [1.165, 1.54) is 23.5 Å². The van der Waals surface area contributed by atoms with E-state index in [4.69, 9.17) is 0 Å². The van der Waals surface area contributed by atoms with Gasteiger partial charge in [-0.15, -0.1) is 11.3 Å². The molecule has 1 amide bonds. The van der Waals surface area contributed by atoms with Crippen LogP contribution in [0.4, 0.5) is 13.2 Å². The number of hydrogen-bond acceptors (Lipinski definition) is 5. The molecule has 10 heteroatoms. The molecule has 0 spiro atoms. The number of amides is 1. The van der Waals surface area contributed by atoms with Crippen molar-refractivity contribution in [2.75, 3.05) is 5.75 Å². The summed E-state index contributed by atoms with van der Waals surface area (Å²) in [6.07, 6.45) is -5.81. The zero-order valence-electron chi connectivity index (χ0n) is 15.4. The summed E-state index contributed by atoms with van der Waals surface area (Å²) in [6, 6.07) is 5.89. The van der Waals surface area contributed by atoms with Crippen molar-refractivity contribution < 1.29 is 26.4 Å². The Bertz CT molecular complexity index is 905. The number of alkyl halides is 3. The molecule has 1 N–H and O–H groups in total. The lowest BCUT2D eigenvalue weighted by Crippen LogP contribution is -2.31. The van der Waals surface area contributed by atoms with Crippen molar-refractivity contribution in [1.82, 2.24) is 10.3 Å². The second kappa shape index (κ2) is 9.04. The molecule has 0 aliphatic carbocycles. The molecule has 2 aromatic rings. The quantitative estimate of drug-likeness (QED) is 0.682. The van der Waals surface area contributed by atoms with Gasteiger partial charge in [0.1, 0.15) is 5.01 Å². The lowest BCUT2D eigenvalue weighted by molar-refractivity contribution is -0.134. The SMILES string of the molecule is CC(C)NC(=O)Cc1nc(-c2ccc(S(=O)(=O)CCCC(F)(F)F)cc2)cs1. The Morgan fingerprint density at radius 3 is 2.43 bits per heavy atom. The van der Waals surface area contributed by atoms with Gasteiger partial charge in [0, 0.05) is 23.4 Å². The third-order valence-electron chi connectivity index (χ3n) is 3.70. The molecule has 0 saturated heterocycles. The summed E-state index contributed by atoms with van der Waals surface area (Å²) in [7, 11) is -3.77. The Kier molecular flexibility index (Phi) is 7.22. The molecule has 154 valence electrons. The Balaban J connectivity index is 2.03. The van der Waals surface area contributed by atoms with E-state index in [2.05, 4.69) is 10.3 Å². The standard InChI is InChI=1S/C18H21F3N2O3S2/c1-12(2)22-16(24)10-17-23-15(11-27-17)13-4-6-14(7-5-13)28(25,26)9-3-8-18(19,20)21/h4-7,11-12H,3,8-10H2,1-2H3,(H,22,24). The van der Waals surface area contributed by atoms with Crippen molar-refractivity contribution in [3.05, 3.63) is 34.7 Å². The zero-order valence-corrected chi connectivity index (χ0v) is 17.0. The monoisotopic (exact) mass is 434 g/mol. The van der Waals surface area contributed by atoms with Gasteiger partial charge >= 0.3 is 6.18 Å². The number of carbonyl (C=O) groups is 1. The van der Waals surface area contributed by atoms with Crippen molar-refractivity contribution in [3.8, 4) is 11.3 Å². The number of hydrogen-bond donors (Lipinski definition) is 1. The van der Waals surface area contributed by atoms with E-state index >= 15 is 0 Å². The molecule has 0 saturated carbocycles. The summed E-state index contributed by atoms with van der Waals surface area (Å²) >= 11 is 1.33. The van der Waals surface area contributed by atoms with E-state index < -0.39 is 34.6 Å². The maximum Gasteiger partial charge on any atom is 0.389 e. The summed E-state index contributed by atoms with van der Waals surface area (Å²) in [6.45, 7) is 3.73. The fourth-order valence-corrected chi connectivity index (χ4v) is 4.56. The van der Waals surface area contributed by atoms with Crippen LogP contribution in [-0.2, 0) is 21.1 Å². The van der Waals surface area contributed by atoms with Gasteiger partial charge in [0.15, 0.2) is 9.84 Å². The second-order valence-electron chi connectivity index (χ2n) is 6.59. The lowest BCUT2D eigenvalue weighted by atomic mass is 10.2. The Morgan fingerprint density at radius 2 is 1.86 bits per heavy atom. The average molecular weight is 435 g/mol. The highest BCUT2D eigenvalue weighted by atomic mass is 32.2. The number of carbonyl (C=O) groups excluding carboxylic acids is 1. The fourth-order valence-electron chi connectivity index (χ4n) is 2.45. The first-order valence-electron chi connectivity index (χ1n) is 8.60. The third kappa shape index (κ3) is 6.90. The van der Waals surface area contributed by atoms with Crippen LogP contribution >= 0.6 is 11.3 Å². The van der Waals surface area contributed by atoms with Gasteiger partial charge in [-0.1, -0.05) is 12.1 Å². The highest BCUT2D eigenvalue weighted by Crippen LogP contribution is 2.26. The van der Waals surface area contributed by atoms with E-state index in [1.54, 1.807) is 17.5 Å². The van der Waals surface area contributed by atoms with Crippen LogP contribution in [0.2, 0.25) is 0 Å². The number of halogens is 3. The first-order chi connectivity index (χ1) is 13.0. The molecular weight excluding hydrogens is 413 g/mol. The van der Waals surface area contributed by atoms with Crippen molar-refractivity contribution in [2.45, 2.75) is 50.2 Å². The van der Waals surface area contributed by atoms with Gasteiger partial charge in [-0.25, -0.2) is 13.4 Å². The first kappa shape index (κ1) is 22.4. The van der Waals surface area contributed by atoms with Crippen LogP contribution in [0, 0.1) is 0 Å². The maximum atomic E-state index is 12.2.